The molecule has 0 amide bonds. The summed E-state index contributed by atoms with van der Waals surface area (Å²) >= 11 is 0. The van der Waals surface area contributed by atoms with Crippen LogP contribution >= 0.6 is 0 Å². The SMILES string of the molecule is CCC(C)C(=O)c1ccnn1-c1ccccc1. The first-order valence-corrected chi connectivity index (χ1v) is 5.87. The number of nitrogens with zero attached hydrogens (tertiary/aromatic N) is 2. The van der Waals surface area contributed by atoms with Crippen molar-refractivity contribution in [3.8, 4) is 5.69 Å². The predicted octanol–water partition coefficient (Wildman–Crippen LogP) is 3.10. The largest absolute Gasteiger partial charge is 0.292 e. The molecule has 0 saturated heterocycles. The van der Waals surface area contributed by atoms with E-state index < -0.39 is 0 Å². The molecule has 3 nitrogen and oxygen atoms in total. The second-order valence-electron chi connectivity index (χ2n) is 4.14. The highest BCUT2D eigenvalue weighted by Gasteiger charge is 2.18. The number of para-hydroxylation sites is 1. The van der Waals surface area contributed by atoms with Crippen molar-refractivity contribution in [2.45, 2.75) is 20.3 Å². The molecule has 0 radical (unpaired) electrons. The van der Waals surface area contributed by atoms with Crippen LogP contribution in [-0.4, -0.2) is 15.6 Å². The van der Waals surface area contributed by atoms with Gasteiger partial charge in [-0.3, -0.25) is 4.79 Å². The third-order valence-corrected chi connectivity index (χ3v) is 2.96. The van der Waals surface area contributed by atoms with Crippen LogP contribution in [0, 0.1) is 5.92 Å². The summed E-state index contributed by atoms with van der Waals surface area (Å²) < 4.78 is 1.70. The Kier molecular flexibility index (Phi) is 3.38. The van der Waals surface area contributed by atoms with Gasteiger partial charge >= 0.3 is 0 Å². The number of hydrogen-bond acceptors (Lipinski definition) is 2. The van der Waals surface area contributed by atoms with Crippen molar-refractivity contribution < 1.29 is 4.79 Å². The van der Waals surface area contributed by atoms with Crippen molar-refractivity contribution in [2.75, 3.05) is 0 Å². The van der Waals surface area contributed by atoms with Gasteiger partial charge in [0.2, 0.25) is 0 Å². The van der Waals surface area contributed by atoms with Crippen molar-refractivity contribution in [1.82, 2.24) is 9.78 Å². The van der Waals surface area contributed by atoms with E-state index in [1.54, 1.807) is 16.9 Å². The van der Waals surface area contributed by atoms with Crippen LogP contribution in [0.25, 0.3) is 5.69 Å². The smallest absolute Gasteiger partial charge is 0.184 e. The number of ketones is 1. The summed E-state index contributed by atoms with van der Waals surface area (Å²) in [5.41, 5.74) is 1.58. The summed E-state index contributed by atoms with van der Waals surface area (Å²) in [6, 6.07) is 11.5. The van der Waals surface area contributed by atoms with Crippen LogP contribution in [0.1, 0.15) is 30.8 Å². The molecule has 0 aliphatic rings. The minimum absolute atomic E-state index is 0.0363. The van der Waals surface area contributed by atoms with Gasteiger partial charge in [0.1, 0.15) is 5.69 Å². The van der Waals surface area contributed by atoms with Crippen molar-refractivity contribution in [3.05, 3.63) is 48.3 Å². The Morgan fingerprint density at radius 1 is 1.29 bits per heavy atom. The molecule has 0 fully saturated rings. The van der Waals surface area contributed by atoms with Crippen molar-refractivity contribution >= 4 is 5.78 Å². The number of carbonyl (C=O) groups excluding carboxylic acids is 1. The maximum absolute atomic E-state index is 12.2. The van der Waals surface area contributed by atoms with Gasteiger partial charge in [-0.15, -0.1) is 0 Å². The molecule has 1 atom stereocenters. The van der Waals surface area contributed by atoms with Crippen LogP contribution in [0.3, 0.4) is 0 Å². The molecule has 88 valence electrons. The Labute approximate surface area is 101 Å². The average Bonchev–Trinajstić information content (AvgIpc) is 2.87. The van der Waals surface area contributed by atoms with E-state index in [-0.39, 0.29) is 11.7 Å². The zero-order valence-electron chi connectivity index (χ0n) is 10.1. The molecule has 1 aromatic heterocycles. The molecular weight excluding hydrogens is 212 g/mol. The Hall–Kier alpha value is -1.90. The number of benzene rings is 1. The average molecular weight is 228 g/mol. The minimum Gasteiger partial charge on any atom is -0.292 e. The summed E-state index contributed by atoms with van der Waals surface area (Å²) in [6.45, 7) is 3.97. The zero-order valence-corrected chi connectivity index (χ0v) is 10.1. The molecule has 1 unspecified atom stereocenters. The molecule has 0 aliphatic carbocycles. The number of hydrogen-bond donors (Lipinski definition) is 0. The van der Waals surface area contributed by atoms with Crippen molar-refractivity contribution in [2.24, 2.45) is 5.92 Å². The summed E-state index contributed by atoms with van der Waals surface area (Å²) in [5, 5.41) is 4.22. The third-order valence-electron chi connectivity index (χ3n) is 2.96. The van der Waals surface area contributed by atoms with Gasteiger partial charge < -0.3 is 0 Å². The van der Waals surface area contributed by atoms with Gasteiger partial charge in [-0.1, -0.05) is 32.0 Å². The monoisotopic (exact) mass is 228 g/mol. The van der Waals surface area contributed by atoms with Crippen LogP contribution in [0.5, 0.6) is 0 Å². The summed E-state index contributed by atoms with van der Waals surface area (Å²) in [6.07, 6.45) is 2.52. The highest BCUT2D eigenvalue weighted by Crippen LogP contribution is 2.15. The van der Waals surface area contributed by atoms with Gasteiger partial charge in [0.05, 0.1) is 11.9 Å². The van der Waals surface area contributed by atoms with E-state index in [1.807, 2.05) is 44.2 Å². The van der Waals surface area contributed by atoms with Gasteiger partial charge in [-0.05, 0) is 24.6 Å². The van der Waals surface area contributed by atoms with E-state index in [0.29, 0.717) is 5.69 Å². The van der Waals surface area contributed by atoms with E-state index in [2.05, 4.69) is 5.10 Å². The third kappa shape index (κ3) is 2.28. The Morgan fingerprint density at radius 2 is 2.00 bits per heavy atom. The van der Waals surface area contributed by atoms with Crippen LogP contribution in [0.2, 0.25) is 0 Å². The van der Waals surface area contributed by atoms with Gasteiger partial charge in [0.25, 0.3) is 0 Å². The number of rotatable bonds is 4. The normalized spacial score (nSPS) is 12.4. The second kappa shape index (κ2) is 4.95. The minimum atomic E-state index is 0.0363. The van der Waals surface area contributed by atoms with E-state index >= 15 is 0 Å². The lowest BCUT2D eigenvalue weighted by Gasteiger charge is -2.10. The lowest BCUT2D eigenvalue weighted by Crippen LogP contribution is -2.15. The van der Waals surface area contributed by atoms with E-state index in [0.717, 1.165) is 12.1 Å². The molecule has 1 heterocycles. The number of aromatic nitrogens is 2. The van der Waals surface area contributed by atoms with Crippen LogP contribution in [0.4, 0.5) is 0 Å². The van der Waals surface area contributed by atoms with Crippen LogP contribution in [-0.2, 0) is 0 Å². The van der Waals surface area contributed by atoms with Crippen LogP contribution < -0.4 is 0 Å². The Morgan fingerprint density at radius 3 is 2.65 bits per heavy atom. The fourth-order valence-electron chi connectivity index (χ4n) is 1.70. The number of Topliss-reactive ketones (excluding diaryl/α,β-unsaturated/α-hetero) is 1. The first kappa shape index (κ1) is 11.6. The molecule has 2 rings (SSSR count). The van der Waals surface area contributed by atoms with Crippen molar-refractivity contribution in [1.29, 1.82) is 0 Å². The summed E-state index contributed by atoms with van der Waals surface area (Å²) in [5.74, 6) is 0.183. The van der Waals surface area contributed by atoms with Crippen molar-refractivity contribution in [3.63, 3.8) is 0 Å². The Bertz CT molecular complexity index is 502. The van der Waals surface area contributed by atoms with Gasteiger partial charge in [-0.25, -0.2) is 4.68 Å². The summed E-state index contributed by atoms with van der Waals surface area (Å²) in [7, 11) is 0. The van der Waals surface area contributed by atoms with Crippen LogP contribution in [0.15, 0.2) is 42.6 Å². The quantitative estimate of drug-likeness (QED) is 0.754. The fourth-order valence-corrected chi connectivity index (χ4v) is 1.70. The molecule has 0 bridgehead atoms. The molecule has 17 heavy (non-hydrogen) atoms. The standard InChI is InChI=1S/C14H16N2O/c1-3-11(2)14(17)13-9-10-15-16(13)12-7-5-4-6-8-12/h4-11H,3H2,1-2H3. The zero-order chi connectivity index (χ0) is 12.3. The number of carbonyl (C=O) groups is 1. The summed E-state index contributed by atoms with van der Waals surface area (Å²) in [4.78, 5) is 12.2. The highest BCUT2D eigenvalue weighted by molar-refractivity contribution is 5.96. The molecule has 0 N–H and O–H groups in total. The molecule has 0 saturated carbocycles. The van der Waals surface area contributed by atoms with E-state index in [4.69, 9.17) is 0 Å². The highest BCUT2D eigenvalue weighted by atomic mass is 16.1. The molecule has 0 spiro atoms. The Balaban J connectivity index is 2.39. The van der Waals surface area contributed by atoms with Gasteiger partial charge in [0.15, 0.2) is 5.78 Å². The second-order valence-corrected chi connectivity index (χ2v) is 4.14. The van der Waals surface area contributed by atoms with Gasteiger partial charge in [0, 0.05) is 5.92 Å². The molecule has 0 aliphatic heterocycles. The molecule has 3 heteroatoms. The van der Waals surface area contributed by atoms with Gasteiger partial charge in [-0.2, -0.15) is 5.10 Å². The first-order chi connectivity index (χ1) is 8.24. The maximum Gasteiger partial charge on any atom is 0.184 e. The van der Waals surface area contributed by atoms with E-state index in [1.165, 1.54) is 0 Å². The molecule has 1 aromatic carbocycles. The lowest BCUT2D eigenvalue weighted by atomic mass is 10.0. The lowest BCUT2D eigenvalue weighted by molar-refractivity contribution is 0.0919. The fraction of sp³-hybridized carbons (Fsp3) is 0.286. The molecule has 2 aromatic rings. The topological polar surface area (TPSA) is 34.9 Å². The first-order valence-electron chi connectivity index (χ1n) is 5.87. The maximum atomic E-state index is 12.2. The molecular formula is C14H16N2O. The predicted molar refractivity (Wildman–Crippen MR) is 67.3 cm³/mol. The van der Waals surface area contributed by atoms with E-state index in [9.17, 15) is 4.79 Å².